The molecule has 142 valence electrons. The maximum absolute atomic E-state index is 13.4. The lowest BCUT2D eigenvalue weighted by molar-refractivity contribution is 0.427. The van der Waals surface area contributed by atoms with Crippen molar-refractivity contribution in [2.75, 3.05) is 21.1 Å². The summed E-state index contributed by atoms with van der Waals surface area (Å²) in [5, 5.41) is 0.910. The van der Waals surface area contributed by atoms with Crippen molar-refractivity contribution < 1.29 is 8.42 Å². The van der Waals surface area contributed by atoms with Crippen LogP contribution in [-0.2, 0) is 16.6 Å². The smallest absolute Gasteiger partial charge is 0.268 e. The summed E-state index contributed by atoms with van der Waals surface area (Å²) in [7, 11) is 2.14. The Labute approximate surface area is 161 Å². The fourth-order valence-corrected chi connectivity index (χ4v) is 4.49. The number of nitrogens with zero attached hydrogens (tertiary/aromatic N) is 3. The number of aryl methyl sites for hydroxylation is 1. The Morgan fingerprint density at radius 2 is 1.63 bits per heavy atom. The molecule has 0 atom stereocenters. The minimum absolute atomic E-state index is 0.294. The van der Waals surface area contributed by atoms with Gasteiger partial charge in [-0.25, -0.2) is 12.4 Å². The van der Waals surface area contributed by atoms with Crippen molar-refractivity contribution in [2.24, 2.45) is 0 Å². The molecule has 0 saturated heterocycles. The highest BCUT2D eigenvalue weighted by Gasteiger charge is 2.23. The zero-order chi connectivity index (χ0) is 19.6. The van der Waals surface area contributed by atoms with E-state index in [1.54, 1.807) is 12.1 Å². The molecule has 0 unspecified atom stereocenters. The minimum Gasteiger partial charge on any atom is -0.382 e. The first kappa shape index (κ1) is 19.0. The van der Waals surface area contributed by atoms with E-state index in [1.165, 1.54) is 3.97 Å². The van der Waals surface area contributed by atoms with Crippen LogP contribution in [0.25, 0.3) is 10.9 Å². The van der Waals surface area contributed by atoms with Gasteiger partial charge in [0.15, 0.2) is 0 Å². The van der Waals surface area contributed by atoms with Gasteiger partial charge in [-0.2, -0.15) is 0 Å². The molecule has 3 rings (SSSR count). The van der Waals surface area contributed by atoms with Gasteiger partial charge in [0.1, 0.15) is 0 Å². The first-order chi connectivity index (χ1) is 12.8. The molecule has 0 N–H and O–H groups in total. The molecule has 0 aliphatic heterocycles. The third-order valence-electron chi connectivity index (χ3n) is 4.33. The van der Waals surface area contributed by atoms with Crippen LogP contribution in [0.5, 0.6) is 0 Å². The highest BCUT2D eigenvalue weighted by atomic mass is 32.2. The van der Waals surface area contributed by atoms with E-state index >= 15 is 0 Å². The van der Waals surface area contributed by atoms with Crippen molar-refractivity contribution in [1.29, 1.82) is 0 Å². The van der Waals surface area contributed by atoms with Crippen LogP contribution >= 0.6 is 0 Å². The summed E-state index contributed by atoms with van der Waals surface area (Å²) in [4.78, 5) is 4.20. The van der Waals surface area contributed by atoms with E-state index in [1.807, 2.05) is 92.7 Å². The summed E-state index contributed by atoms with van der Waals surface area (Å²) < 4.78 is 28.3. The van der Waals surface area contributed by atoms with Gasteiger partial charge in [0.2, 0.25) is 0 Å². The first-order valence-electron chi connectivity index (χ1n) is 8.75. The Morgan fingerprint density at radius 3 is 2.30 bits per heavy atom. The van der Waals surface area contributed by atoms with Crippen molar-refractivity contribution in [3.05, 3.63) is 78.3 Å². The number of benzene rings is 2. The predicted octanol–water partition coefficient (Wildman–Crippen LogP) is 3.65. The van der Waals surface area contributed by atoms with E-state index in [-0.39, 0.29) is 0 Å². The molecule has 27 heavy (non-hydrogen) atoms. The molecule has 3 aromatic rings. The van der Waals surface area contributed by atoms with Crippen molar-refractivity contribution in [2.45, 2.75) is 18.4 Å². The average molecular weight is 384 g/mol. The molecular weight excluding hydrogens is 358 g/mol. The summed E-state index contributed by atoms with van der Waals surface area (Å²) in [6, 6.07) is 16.5. The molecule has 6 heteroatoms. The summed E-state index contributed by atoms with van der Waals surface area (Å²) >= 11 is 0. The van der Waals surface area contributed by atoms with Crippen LogP contribution in [0.4, 0.5) is 0 Å². The molecule has 0 spiro atoms. The molecule has 0 aliphatic rings. The molecule has 1 aromatic heterocycles. The fourth-order valence-electron chi connectivity index (χ4n) is 2.95. The number of para-hydroxylation sites is 1. The van der Waals surface area contributed by atoms with Gasteiger partial charge in [-0.05, 0) is 31.2 Å². The molecule has 1 heterocycles. The van der Waals surface area contributed by atoms with E-state index in [0.29, 0.717) is 17.0 Å². The third kappa shape index (κ3) is 4.01. The van der Waals surface area contributed by atoms with Crippen molar-refractivity contribution in [1.82, 2.24) is 13.8 Å². The molecule has 0 aliphatic carbocycles. The lowest BCUT2D eigenvalue weighted by Gasteiger charge is -2.18. The lowest BCUT2D eigenvalue weighted by Crippen LogP contribution is -2.20. The highest BCUT2D eigenvalue weighted by Crippen LogP contribution is 2.26. The molecule has 0 saturated carbocycles. The SMILES string of the molecule is Cc1ccc(S(=O)(=O)n2c(CN(C)/C=C/N(C)C)cc3ccccc32)cc1. The lowest BCUT2D eigenvalue weighted by atomic mass is 10.2. The van der Waals surface area contributed by atoms with Crippen LogP contribution in [0.3, 0.4) is 0 Å². The van der Waals surface area contributed by atoms with Crippen molar-refractivity contribution in [3.63, 3.8) is 0 Å². The normalized spacial score (nSPS) is 12.0. The Bertz CT molecular complexity index is 1060. The Hall–Kier alpha value is -2.73. The van der Waals surface area contributed by atoms with Crippen LogP contribution in [0.15, 0.2) is 71.9 Å². The number of aromatic nitrogens is 1. The summed E-state index contributed by atoms with van der Waals surface area (Å²) in [5.74, 6) is 0. The molecular formula is C21H25N3O2S. The van der Waals surface area contributed by atoms with Crippen LogP contribution in [-0.4, -0.2) is 43.3 Å². The number of hydrogen-bond acceptors (Lipinski definition) is 4. The van der Waals surface area contributed by atoms with Crippen LogP contribution in [0.1, 0.15) is 11.3 Å². The van der Waals surface area contributed by atoms with E-state index in [2.05, 4.69) is 0 Å². The second kappa shape index (κ2) is 7.48. The van der Waals surface area contributed by atoms with Gasteiger partial charge in [0, 0.05) is 38.9 Å². The molecule has 0 radical (unpaired) electrons. The predicted molar refractivity (Wildman–Crippen MR) is 110 cm³/mol. The Balaban J connectivity index is 2.11. The van der Waals surface area contributed by atoms with E-state index < -0.39 is 10.0 Å². The van der Waals surface area contributed by atoms with Gasteiger partial charge in [-0.15, -0.1) is 0 Å². The summed E-state index contributed by atoms with van der Waals surface area (Å²) in [6.45, 7) is 2.42. The highest BCUT2D eigenvalue weighted by molar-refractivity contribution is 7.90. The maximum Gasteiger partial charge on any atom is 0.268 e. The Kier molecular flexibility index (Phi) is 5.28. The second-order valence-corrected chi connectivity index (χ2v) is 8.74. The molecule has 0 bridgehead atoms. The second-order valence-electron chi connectivity index (χ2n) is 6.95. The zero-order valence-electron chi connectivity index (χ0n) is 16.1. The number of hydrogen-bond donors (Lipinski definition) is 0. The van der Waals surface area contributed by atoms with Gasteiger partial charge >= 0.3 is 0 Å². The minimum atomic E-state index is -3.69. The summed E-state index contributed by atoms with van der Waals surface area (Å²) in [5.41, 5.74) is 2.45. The largest absolute Gasteiger partial charge is 0.382 e. The third-order valence-corrected chi connectivity index (χ3v) is 6.11. The van der Waals surface area contributed by atoms with Gasteiger partial charge < -0.3 is 9.80 Å². The van der Waals surface area contributed by atoms with Gasteiger partial charge in [-0.1, -0.05) is 35.9 Å². The van der Waals surface area contributed by atoms with Crippen LogP contribution in [0, 0.1) is 6.92 Å². The topological polar surface area (TPSA) is 45.6 Å². The molecule has 5 nitrogen and oxygen atoms in total. The van der Waals surface area contributed by atoms with Crippen LogP contribution < -0.4 is 0 Å². The van der Waals surface area contributed by atoms with Gasteiger partial charge in [0.05, 0.1) is 22.7 Å². The average Bonchev–Trinajstić information content (AvgIpc) is 2.98. The standard InChI is InChI=1S/C21H25N3O2S/c1-17-9-11-20(12-10-17)27(25,26)24-19(16-23(4)14-13-22(2)3)15-18-7-5-6-8-21(18)24/h5-15H,16H2,1-4H3/b14-13+. The van der Waals surface area contributed by atoms with Gasteiger partial charge in [-0.3, -0.25) is 0 Å². The van der Waals surface area contributed by atoms with Crippen molar-refractivity contribution >= 4 is 20.9 Å². The first-order valence-corrected chi connectivity index (χ1v) is 10.2. The van der Waals surface area contributed by atoms with E-state index in [4.69, 9.17) is 0 Å². The van der Waals surface area contributed by atoms with Crippen LogP contribution in [0.2, 0.25) is 0 Å². The number of fused-ring (bicyclic) bond motifs is 1. The van der Waals surface area contributed by atoms with E-state index in [0.717, 1.165) is 16.6 Å². The monoisotopic (exact) mass is 383 g/mol. The molecule has 0 fully saturated rings. The zero-order valence-corrected chi connectivity index (χ0v) is 16.9. The molecule has 2 aromatic carbocycles. The number of rotatable bonds is 6. The Morgan fingerprint density at radius 1 is 0.963 bits per heavy atom. The fraction of sp³-hybridized carbons (Fsp3) is 0.238. The van der Waals surface area contributed by atoms with Crippen molar-refractivity contribution in [3.8, 4) is 0 Å². The summed E-state index contributed by atoms with van der Waals surface area (Å²) in [6.07, 6.45) is 3.86. The van der Waals surface area contributed by atoms with Gasteiger partial charge in [0.25, 0.3) is 10.0 Å². The quantitative estimate of drug-likeness (QED) is 0.652. The maximum atomic E-state index is 13.4. The molecule has 0 amide bonds. The van der Waals surface area contributed by atoms with E-state index in [9.17, 15) is 8.42 Å².